The first-order valence-corrected chi connectivity index (χ1v) is 8.87. The maximum Gasteiger partial charge on any atom is 0.416 e. The lowest BCUT2D eigenvalue weighted by Crippen LogP contribution is -2.11. The molecule has 3 aromatic rings. The minimum atomic E-state index is -4.92. The number of anilines is 1. The van der Waals surface area contributed by atoms with Crippen molar-refractivity contribution in [2.24, 2.45) is 0 Å². The minimum Gasteiger partial charge on any atom is -0.370 e. The van der Waals surface area contributed by atoms with Crippen LogP contribution in [-0.4, -0.2) is 26.1 Å². The molecule has 0 fully saturated rings. The summed E-state index contributed by atoms with van der Waals surface area (Å²) in [5.74, 6) is 0.532. The number of imidazole rings is 1. The fourth-order valence-corrected chi connectivity index (χ4v) is 2.81. The second-order valence-electron chi connectivity index (χ2n) is 6.56. The molecule has 1 N–H and O–H groups in total. The highest BCUT2D eigenvalue weighted by Gasteiger charge is 2.37. The number of nitrogens with one attached hydrogen (secondary N) is 1. The Labute approximate surface area is 167 Å². The van der Waals surface area contributed by atoms with Crippen LogP contribution in [0.3, 0.4) is 0 Å². The molecule has 0 aliphatic rings. The van der Waals surface area contributed by atoms with Crippen molar-refractivity contribution in [3.8, 4) is 11.3 Å². The molecule has 0 aliphatic heterocycles. The Morgan fingerprint density at radius 3 is 2.17 bits per heavy atom. The molecule has 0 atom stereocenters. The van der Waals surface area contributed by atoms with Gasteiger partial charge in [0.15, 0.2) is 0 Å². The fraction of sp³-hybridized carbons (Fsp3) is 0.316. The van der Waals surface area contributed by atoms with Gasteiger partial charge in [0.2, 0.25) is 0 Å². The highest BCUT2D eigenvalue weighted by molar-refractivity contribution is 5.65. The van der Waals surface area contributed by atoms with Crippen LogP contribution in [0.1, 0.15) is 23.4 Å². The summed E-state index contributed by atoms with van der Waals surface area (Å²) in [5.41, 5.74) is -3.10. The van der Waals surface area contributed by atoms with E-state index in [0.717, 1.165) is 0 Å². The number of hydrogen-bond donors (Lipinski definition) is 1. The van der Waals surface area contributed by atoms with Crippen molar-refractivity contribution in [1.29, 1.82) is 0 Å². The van der Waals surface area contributed by atoms with Gasteiger partial charge in [-0.3, -0.25) is 0 Å². The molecule has 30 heavy (non-hydrogen) atoms. The molecule has 0 spiro atoms. The van der Waals surface area contributed by atoms with Gasteiger partial charge in [-0.25, -0.2) is 15.0 Å². The summed E-state index contributed by atoms with van der Waals surface area (Å²) in [6, 6.07) is 2.73. The maximum atomic E-state index is 13.1. The van der Waals surface area contributed by atoms with E-state index in [2.05, 4.69) is 20.3 Å². The fourth-order valence-electron chi connectivity index (χ4n) is 2.81. The molecule has 2 aromatic heterocycles. The summed E-state index contributed by atoms with van der Waals surface area (Å²) < 4.78 is 80.6. The lowest BCUT2D eigenvalue weighted by Gasteiger charge is -2.15. The molecule has 0 bridgehead atoms. The van der Waals surface area contributed by atoms with Crippen LogP contribution in [0.2, 0.25) is 0 Å². The SMILES string of the molecule is Cc1nc(NCCCn2ccnc2)cc(-c2cc(C(F)(F)F)cc(C(F)(F)F)c2)n1. The zero-order chi connectivity index (χ0) is 21.9. The van der Waals surface area contributed by atoms with Gasteiger partial charge in [-0.1, -0.05) is 0 Å². The van der Waals surface area contributed by atoms with Gasteiger partial charge in [0, 0.05) is 37.1 Å². The third-order valence-corrected chi connectivity index (χ3v) is 4.18. The summed E-state index contributed by atoms with van der Waals surface area (Å²) in [7, 11) is 0. The van der Waals surface area contributed by atoms with Crippen LogP contribution in [0, 0.1) is 6.92 Å². The van der Waals surface area contributed by atoms with Crippen LogP contribution in [0.15, 0.2) is 43.0 Å². The normalized spacial score (nSPS) is 12.2. The van der Waals surface area contributed by atoms with Crippen molar-refractivity contribution >= 4 is 5.82 Å². The number of aromatic nitrogens is 4. The molecule has 160 valence electrons. The standard InChI is InChI=1S/C19H17F6N5/c1-12-28-16(10-17(29-12)27-3-2-5-30-6-4-26-11-30)13-7-14(18(20,21)22)9-15(8-13)19(23,24)25/h4,6-11H,2-3,5H2,1H3,(H,27,28,29). The number of aryl methyl sites for hydroxylation is 2. The highest BCUT2D eigenvalue weighted by Crippen LogP contribution is 2.38. The van der Waals surface area contributed by atoms with Crippen LogP contribution in [0.4, 0.5) is 32.2 Å². The molecule has 3 rings (SSSR count). The maximum absolute atomic E-state index is 13.1. The molecule has 0 saturated carbocycles. The van der Waals surface area contributed by atoms with Crippen molar-refractivity contribution in [3.05, 3.63) is 59.9 Å². The van der Waals surface area contributed by atoms with Gasteiger partial charge >= 0.3 is 12.4 Å². The van der Waals surface area contributed by atoms with E-state index in [4.69, 9.17) is 0 Å². The van der Waals surface area contributed by atoms with Crippen molar-refractivity contribution in [3.63, 3.8) is 0 Å². The first-order valence-electron chi connectivity index (χ1n) is 8.87. The third kappa shape index (κ3) is 5.49. The van der Waals surface area contributed by atoms with Crippen LogP contribution in [0.5, 0.6) is 0 Å². The van der Waals surface area contributed by atoms with Crippen molar-refractivity contribution in [2.75, 3.05) is 11.9 Å². The third-order valence-electron chi connectivity index (χ3n) is 4.18. The molecule has 0 unspecified atom stereocenters. The van der Waals surface area contributed by atoms with E-state index in [0.29, 0.717) is 37.5 Å². The molecule has 2 heterocycles. The Hall–Kier alpha value is -3.11. The van der Waals surface area contributed by atoms with Gasteiger partial charge < -0.3 is 9.88 Å². The van der Waals surface area contributed by atoms with E-state index in [-0.39, 0.29) is 23.1 Å². The van der Waals surface area contributed by atoms with Crippen LogP contribution >= 0.6 is 0 Å². The largest absolute Gasteiger partial charge is 0.416 e. The lowest BCUT2D eigenvalue weighted by atomic mass is 10.0. The van der Waals surface area contributed by atoms with E-state index in [1.165, 1.54) is 13.0 Å². The van der Waals surface area contributed by atoms with Gasteiger partial charge in [0.1, 0.15) is 11.6 Å². The Balaban J connectivity index is 1.86. The second kappa shape index (κ2) is 8.33. The smallest absolute Gasteiger partial charge is 0.370 e. The highest BCUT2D eigenvalue weighted by atomic mass is 19.4. The molecule has 0 aliphatic carbocycles. The summed E-state index contributed by atoms with van der Waals surface area (Å²) >= 11 is 0. The summed E-state index contributed by atoms with van der Waals surface area (Å²) in [4.78, 5) is 12.1. The molecule has 0 saturated heterocycles. The Morgan fingerprint density at radius 1 is 0.933 bits per heavy atom. The molecule has 11 heteroatoms. The number of hydrogen-bond acceptors (Lipinski definition) is 4. The molecule has 1 aromatic carbocycles. The predicted octanol–water partition coefficient (Wildman–Crippen LogP) is 5.19. The number of benzene rings is 1. The molecular formula is C19H17F6N5. The number of halogens is 6. The summed E-state index contributed by atoms with van der Waals surface area (Å²) in [6.45, 7) is 2.69. The monoisotopic (exact) mass is 429 g/mol. The van der Waals surface area contributed by atoms with Gasteiger partial charge in [0.05, 0.1) is 23.1 Å². The zero-order valence-electron chi connectivity index (χ0n) is 15.7. The van der Waals surface area contributed by atoms with Crippen LogP contribution in [-0.2, 0) is 18.9 Å². The zero-order valence-corrected chi connectivity index (χ0v) is 15.7. The van der Waals surface area contributed by atoms with Gasteiger partial charge in [-0.2, -0.15) is 26.3 Å². The van der Waals surface area contributed by atoms with Gasteiger partial charge in [0.25, 0.3) is 0 Å². The van der Waals surface area contributed by atoms with E-state index in [9.17, 15) is 26.3 Å². The second-order valence-corrected chi connectivity index (χ2v) is 6.56. The molecular weight excluding hydrogens is 412 g/mol. The average Bonchev–Trinajstić information content (AvgIpc) is 3.16. The number of alkyl halides is 6. The lowest BCUT2D eigenvalue weighted by molar-refractivity contribution is -0.143. The summed E-state index contributed by atoms with van der Waals surface area (Å²) in [5, 5.41) is 3.02. The average molecular weight is 429 g/mol. The topological polar surface area (TPSA) is 55.6 Å². The minimum absolute atomic E-state index is 0.0313. The van der Waals surface area contributed by atoms with Crippen LogP contribution in [0.25, 0.3) is 11.3 Å². The van der Waals surface area contributed by atoms with Crippen LogP contribution < -0.4 is 5.32 Å². The first kappa shape index (κ1) is 21.6. The van der Waals surface area contributed by atoms with E-state index in [1.54, 1.807) is 18.7 Å². The first-order chi connectivity index (χ1) is 14.0. The van der Waals surface area contributed by atoms with Crippen molar-refractivity contribution < 1.29 is 26.3 Å². The molecule has 5 nitrogen and oxygen atoms in total. The number of nitrogens with zero attached hydrogens (tertiary/aromatic N) is 4. The summed E-state index contributed by atoms with van der Waals surface area (Å²) in [6.07, 6.45) is -4.02. The van der Waals surface area contributed by atoms with Crippen molar-refractivity contribution in [1.82, 2.24) is 19.5 Å². The Morgan fingerprint density at radius 2 is 1.60 bits per heavy atom. The molecule has 0 amide bonds. The van der Waals surface area contributed by atoms with E-state index >= 15 is 0 Å². The number of rotatable bonds is 6. The van der Waals surface area contributed by atoms with Crippen molar-refractivity contribution in [2.45, 2.75) is 32.2 Å². The Bertz CT molecular complexity index is 963. The quantitative estimate of drug-likeness (QED) is 0.433. The predicted molar refractivity (Wildman–Crippen MR) is 97.5 cm³/mol. The van der Waals surface area contributed by atoms with Gasteiger partial charge in [-0.15, -0.1) is 0 Å². The Kier molecular flexibility index (Phi) is 5.99. The van der Waals surface area contributed by atoms with E-state index < -0.39 is 23.5 Å². The molecule has 0 radical (unpaired) electrons. The van der Waals surface area contributed by atoms with Gasteiger partial charge in [-0.05, 0) is 31.5 Å². The van der Waals surface area contributed by atoms with E-state index in [1.807, 2.05) is 4.57 Å².